The minimum absolute atomic E-state index is 0.237. The molecule has 1 fully saturated rings. The maximum atomic E-state index is 11.9. The molecule has 0 radical (unpaired) electrons. The normalized spacial score (nSPS) is 15.2. The molecule has 0 saturated heterocycles. The van der Waals surface area contributed by atoms with Gasteiger partial charge in [-0.05, 0) is 30.9 Å². The summed E-state index contributed by atoms with van der Waals surface area (Å²) in [5.41, 5.74) is 1.70. The van der Waals surface area contributed by atoms with E-state index in [-0.39, 0.29) is 5.78 Å². The third kappa shape index (κ3) is 1.83. The summed E-state index contributed by atoms with van der Waals surface area (Å²) >= 11 is 0. The molecule has 1 aliphatic carbocycles. The van der Waals surface area contributed by atoms with E-state index in [4.69, 9.17) is 0 Å². The summed E-state index contributed by atoms with van der Waals surface area (Å²) in [6.07, 6.45) is 4.83. The number of pyridine rings is 1. The molecule has 2 aromatic rings. The zero-order valence-electron chi connectivity index (χ0n) is 9.02. The van der Waals surface area contributed by atoms with Crippen LogP contribution in [0.25, 0.3) is 10.9 Å². The first-order chi connectivity index (χ1) is 7.83. The fraction of sp³-hybridized carbons (Fsp3) is 0.286. The van der Waals surface area contributed by atoms with Crippen molar-refractivity contribution in [3.8, 4) is 0 Å². The van der Waals surface area contributed by atoms with Crippen molar-refractivity contribution in [1.82, 2.24) is 4.98 Å². The number of hydrogen-bond acceptors (Lipinski definition) is 2. The van der Waals surface area contributed by atoms with Gasteiger partial charge in [-0.15, -0.1) is 0 Å². The maximum absolute atomic E-state index is 11.9. The molecule has 0 bridgehead atoms. The molecule has 1 saturated carbocycles. The van der Waals surface area contributed by atoms with Crippen LogP contribution in [-0.2, 0) is 0 Å². The van der Waals surface area contributed by atoms with Crippen LogP contribution in [0.2, 0.25) is 0 Å². The van der Waals surface area contributed by atoms with Crippen LogP contribution < -0.4 is 0 Å². The van der Waals surface area contributed by atoms with Crippen LogP contribution in [0.3, 0.4) is 0 Å². The van der Waals surface area contributed by atoms with E-state index in [1.807, 2.05) is 30.3 Å². The number of carbonyl (C=O) groups is 1. The van der Waals surface area contributed by atoms with E-state index >= 15 is 0 Å². The quantitative estimate of drug-likeness (QED) is 0.729. The van der Waals surface area contributed by atoms with Crippen LogP contribution in [0, 0.1) is 5.92 Å². The van der Waals surface area contributed by atoms with E-state index < -0.39 is 0 Å². The second kappa shape index (κ2) is 3.71. The molecular weight excluding hydrogens is 198 g/mol. The molecule has 0 atom stereocenters. The Bertz CT molecular complexity index is 543. The number of fused-ring (bicyclic) bond motifs is 1. The van der Waals surface area contributed by atoms with Gasteiger partial charge in [0.15, 0.2) is 5.78 Å². The number of rotatable bonds is 3. The van der Waals surface area contributed by atoms with E-state index in [2.05, 4.69) is 4.98 Å². The Kier molecular flexibility index (Phi) is 2.21. The molecule has 1 aromatic carbocycles. The highest BCUT2D eigenvalue weighted by atomic mass is 16.1. The minimum Gasteiger partial charge on any atom is -0.294 e. The zero-order valence-corrected chi connectivity index (χ0v) is 9.02. The first kappa shape index (κ1) is 9.52. The molecule has 0 spiro atoms. The summed E-state index contributed by atoms with van der Waals surface area (Å²) in [5, 5.41) is 1.05. The standard InChI is InChI=1S/C14H13NO/c16-14(7-10-5-6-10)12-8-11-3-1-2-4-13(11)15-9-12/h1-4,8-10H,5-7H2. The minimum atomic E-state index is 0.237. The lowest BCUT2D eigenvalue weighted by Crippen LogP contribution is -2.00. The van der Waals surface area contributed by atoms with Crippen molar-refractivity contribution in [3.63, 3.8) is 0 Å². The molecule has 80 valence electrons. The molecule has 3 rings (SSSR count). The van der Waals surface area contributed by atoms with Gasteiger partial charge in [-0.1, -0.05) is 18.2 Å². The number of hydrogen-bond donors (Lipinski definition) is 0. The Morgan fingerprint density at radius 2 is 2.12 bits per heavy atom. The van der Waals surface area contributed by atoms with E-state index in [1.54, 1.807) is 6.20 Å². The van der Waals surface area contributed by atoms with Crippen molar-refractivity contribution in [1.29, 1.82) is 0 Å². The first-order valence-corrected chi connectivity index (χ1v) is 5.71. The lowest BCUT2D eigenvalue weighted by atomic mass is 10.1. The molecule has 16 heavy (non-hydrogen) atoms. The largest absolute Gasteiger partial charge is 0.294 e. The van der Waals surface area contributed by atoms with Crippen molar-refractivity contribution in [2.45, 2.75) is 19.3 Å². The molecular formula is C14H13NO. The summed E-state index contributed by atoms with van der Waals surface area (Å²) in [6, 6.07) is 9.84. The number of aromatic nitrogens is 1. The predicted molar refractivity (Wildman–Crippen MR) is 63.4 cm³/mol. The Balaban J connectivity index is 1.94. The Labute approximate surface area is 94.3 Å². The highest BCUT2D eigenvalue weighted by molar-refractivity contribution is 5.98. The van der Waals surface area contributed by atoms with Crippen molar-refractivity contribution < 1.29 is 4.79 Å². The van der Waals surface area contributed by atoms with Crippen LogP contribution in [0.5, 0.6) is 0 Å². The Morgan fingerprint density at radius 3 is 2.94 bits per heavy atom. The van der Waals surface area contributed by atoms with Crippen molar-refractivity contribution in [2.75, 3.05) is 0 Å². The van der Waals surface area contributed by atoms with Crippen LogP contribution in [-0.4, -0.2) is 10.8 Å². The second-order valence-electron chi connectivity index (χ2n) is 4.49. The first-order valence-electron chi connectivity index (χ1n) is 5.71. The lowest BCUT2D eigenvalue weighted by Gasteiger charge is -2.01. The second-order valence-corrected chi connectivity index (χ2v) is 4.49. The van der Waals surface area contributed by atoms with E-state index in [9.17, 15) is 4.79 Å². The van der Waals surface area contributed by atoms with Gasteiger partial charge in [0, 0.05) is 23.6 Å². The predicted octanol–water partition coefficient (Wildman–Crippen LogP) is 3.22. The van der Waals surface area contributed by atoms with Gasteiger partial charge in [0.05, 0.1) is 5.52 Å². The molecule has 1 aromatic heterocycles. The number of nitrogens with zero attached hydrogens (tertiary/aromatic N) is 1. The maximum Gasteiger partial charge on any atom is 0.164 e. The topological polar surface area (TPSA) is 30.0 Å². The SMILES string of the molecule is O=C(CC1CC1)c1cnc2ccccc2c1. The van der Waals surface area contributed by atoms with Gasteiger partial charge < -0.3 is 0 Å². The number of benzene rings is 1. The monoisotopic (exact) mass is 211 g/mol. The molecule has 1 aliphatic rings. The fourth-order valence-electron chi connectivity index (χ4n) is 1.93. The van der Waals surface area contributed by atoms with Crippen molar-refractivity contribution >= 4 is 16.7 Å². The lowest BCUT2D eigenvalue weighted by molar-refractivity contribution is 0.0976. The van der Waals surface area contributed by atoms with Gasteiger partial charge in [0.1, 0.15) is 0 Å². The molecule has 2 heteroatoms. The van der Waals surface area contributed by atoms with Crippen LogP contribution in [0.1, 0.15) is 29.6 Å². The molecule has 1 heterocycles. The highest BCUT2D eigenvalue weighted by Crippen LogP contribution is 2.33. The van der Waals surface area contributed by atoms with Gasteiger partial charge in [-0.2, -0.15) is 0 Å². The summed E-state index contributed by atoms with van der Waals surface area (Å²) in [5.74, 6) is 0.875. The third-order valence-corrected chi connectivity index (χ3v) is 3.08. The number of ketones is 1. The smallest absolute Gasteiger partial charge is 0.164 e. The summed E-state index contributed by atoms with van der Waals surface area (Å²) in [7, 11) is 0. The van der Waals surface area contributed by atoms with Gasteiger partial charge in [-0.3, -0.25) is 9.78 Å². The summed E-state index contributed by atoms with van der Waals surface area (Å²) < 4.78 is 0. The molecule has 0 amide bonds. The number of para-hydroxylation sites is 1. The third-order valence-electron chi connectivity index (χ3n) is 3.08. The molecule has 0 N–H and O–H groups in total. The van der Waals surface area contributed by atoms with Crippen molar-refractivity contribution in [3.05, 3.63) is 42.1 Å². The van der Waals surface area contributed by atoms with Gasteiger partial charge in [0.2, 0.25) is 0 Å². The zero-order chi connectivity index (χ0) is 11.0. The van der Waals surface area contributed by atoms with E-state index in [1.165, 1.54) is 12.8 Å². The van der Waals surface area contributed by atoms with Crippen LogP contribution >= 0.6 is 0 Å². The number of Topliss-reactive ketones (excluding diaryl/α,β-unsaturated/α-hetero) is 1. The van der Waals surface area contributed by atoms with Gasteiger partial charge in [0.25, 0.3) is 0 Å². The average molecular weight is 211 g/mol. The highest BCUT2D eigenvalue weighted by Gasteiger charge is 2.24. The Hall–Kier alpha value is -1.70. The summed E-state index contributed by atoms with van der Waals surface area (Å²) in [6.45, 7) is 0. The van der Waals surface area contributed by atoms with Gasteiger partial charge in [-0.25, -0.2) is 0 Å². The Morgan fingerprint density at radius 1 is 1.31 bits per heavy atom. The molecule has 2 nitrogen and oxygen atoms in total. The van der Waals surface area contributed by atoms with Gasteiger partial charge >= 0.3 is 0 Å². The van der Waals surface area contributed by atoms with Crippen LogP contribution in [0.4, 0.5) is 0 Å². The average Bonchev–Trinajstić information content (AvgIpc) is 3.12. The van der Waals surface area contributed by atoms with Crippen LogP contribution in [0.15, 0.2) is 36.5 Å². The van der Waals surface area contributed by atoms with E-state index in [0.717, 1.165) is 16.5 Å². The van der Waals surface area contributed by atoms with E-state index in [0.29, 0.717) is 12.3 Å². The fourth-order valence-corrected chi connectivity index (χ4v) is 1.93. The number of carbonyl (C=O) groups excluding carboxylic acids is 1. The van der Waals surface area contributed by atoms with Crippen molar-refractivity contribution in [2.24, 2.45) is 5.92 Å². The summed E-state index contributed by atoms with van der Waals surface area (Å²) in [4.78, 5) is 16.2. The molecule has 0 unspecified atom stereocenters. The molecule has 0 aliphatic heterocycles.